The van der Waals surface area contributed by atoms with Crippen LogP contribution in [0.4, 0.5) is 0 Å². The molecule has 0 radical (unpaired) electrons. The first-order valence-electron chi connectivity index (χ1n) is 6.91. The Kier molecular flexibility index (Phi) is 6.81. The predicted octanol–water partition coefficient (Wildman–Crippen LogP) is 4.28. The quantitative estimate of drug-likeness (QED) is 0.623. The van der Waals surface area contributed by atoms with E-state index < -0.39 is 0 Å². The molecule has 0 aromatic rings. The molecule has 2 nitrogen and oxygen atoms in total. The van der Waals surface area contributed by atoms with Gasteiger partial charge in [-0.15, -0.1) is 0 Å². The minimum Gasteiger partial charge on any atom is -0.465 e. The van der Waals surface area contributed by atoms with E-state index in [9.17, 15) is 4.79 Å². The molecule has 102 valence electrons. The SMILES string of the molecule is CCC(C)CC(C)(C(=O)OCC(C)C)C(C)C. The summed E-state index contributed by atoms with van der Waals surface area (Å²) in [5, 5.41) is 0. The van der Waals surface area contributed by atoms with E-state index in [1.807, 2.05) is 6.92 Å². The summed E-state index contributed by atoms with van der Waals surface area (Å²) in [4.78, 5) is 12.2. The number of ether oxygens (including phenoxy) is 1. The summed E-state index contributed by atoms with van der Waals surface area (Å²) < 4.78 is 5.44. The second kappa shape index (κ2) is 7.03. The van der Waals surface area contributed by atoms with Crippen LogP contribution in [-0.4, -0.2) is 12.6 Å². The first-order valence-corrected chi connectivity index (χ1v) is 6.91. The molecule has 0 aliphatic carbocycles. The highest BCUT2D eigenvalue weighted by Crippen LogP contribution is 2.36. The second-order valence-corrected chi connectivity index (χ2v) is 6.28. The van der Waals surface area contributed by atoms with Crippen LogP contribution in [-0.2, 0) is 9.53 Å². The lowest BCUT2D eigenvalue weighted by Gasteiger charge is -2.33. The standard InChI is InChI=1S/C15H30O2/c1-8-13(6)9-15(7,12(4)5)14(16)17-10-11(2)3/h11-13H,8-10H2,1-7H3. The summed E-state index contributed by atoms with van der Waals surface area (Å²) in [6.07, 6.45) is 2.03. The molecule has 0 saturated heterocycles. The van der Waals surface area contributed by atoms with Crippen molar-refractivity contribution < 1.29 is 9.53 Å². The van der Waals surface area contributed by atoms with Gasteiger partial charge in [-0.25, -0.2) is 0 Å². The third kappa shape index (κ3) is 5.10. The molecule has 0 rings (SSSR count). The van der Waals surface area contributed by atoms with Crippen LogP contribution in [0.3, 0.4) is 0 Å². The highest BCUT2D eigenvalue weighted by atomic mass is 16.5. The molecule has 0 heterocycles. The van der Waals surface area contributed by atoms with Gasteiger partial charge in [-0.2, -0.15) is 0 Å². The van der Waals surface area contributed by atoms with Gasteiger partial charge in [-0.05, 0) is 31.1 Å². The second-order valence-electron chi connectivity index (χ2n) is 6.28. The molecule has 0 aliphatic heterocycles. The normalized spacial score (nSPS) is 17.0. The van der Waals surface area contributed by atoms with E-state index in [4.69, 9.17) is 4.74 Å². The number of carbonyl (C=O) groups is 1. The van der Waals surface area contributed by atoms with Crippen molar-refractivity contribution in [3.05, 3.63) is 0 Å². The van der Waals surface area contributed by atoms with Gasteiger partial charge < -0.3 is 4.74 Å². The molecule has 2 atom stereocenters. The first kappa shape index (κ1) is 16.5. The molecule has 2 unspecified atom stereocenters. The Bertz CT molecular complexity index is 233. The van der Waals surface area contributed by atoms with Crippen molar-refractivity contribution in [2.24, 2.45) is 23.2 Å². The Hall–Kier alpha value is -0.530. The van der Waals surface area contributed by atoms with Crippen molar-refractivity contribution >= 4 is 5.97 Å². The van der Waals surface area contributed by atoms with Gasteiger partial charge in [0.25, 0.3) is 0 Å². The molecular weight excluding hydrogens is 212 g/mol. The van der Waals surface area contributed by atoms with Crippen molar-refractivity contribution in [1.29, 1.82) is 0 Å². The van der Waals surface area contributed by atoms with Gasteiger partial charge in [-0.1, -0.05) is 48.0 Å². The van der Waals surface area contributed by atoms with Crippen LogP contribution < -0.4 is 0 Å². The van der Waals surface area contributed by atoms with Gasteiger partial charge in [0.15, 0.2) is 0 Å². The molecular formula is C15H30O2. The van der Waals surface area contributed by atoms with E-state index in [-0.39, 0.29) is 11.4 Å². The van der Waals surface area contributed by atoms with Gasteiger partial charge in [0, 0.05) is 0 Å². The van der Waals surface area contributed by atoms with Gasteiger partial charge >= 0.3 is 5.97 Å². The van der Waals surface area contributed by atoms with Gasteiger partial charge in [-0.3, -0.25) is 4.79 Å². The fourth-order valence-electron chi connectivity index (χ4n) is 1.83. The molecule has 0 aromatic carbocycles. The minimum atomic E-state index is -0.343. The number of hydrogen-bond donors (Lipinski definition) is 0. The summed E-state index contributed by atoms with van der Waals surface area (Å²) in [7, 11) is 0. The average Bonchev–Trinajstić information content (AvgIpc) is 2.24. The van der Waals surface area contributed by atoms with Crippen LogP contribution in [0.25, 0.3) is 0 Å². The molecule has 0 bridgehead atoms. The molecule has 0 saturated carbocycles. The van der Waals surface area contributed by atoms with Crippen LogP contribution in [0, 0.1) is 23.2 Å². The Morgan fingerprint density at radius 3 is 2.06 bits per heavy atom. The number of carbonyl (C=O) groups excluding carboxylic acids is 1. The zero-order valence-electron chi connectivity index (χ0n) is 12.7. The van der Waals surface area contributed by atoms with Crippen LogP contribution in [0.15, 0.2) is 0 Å². The van der Waals surface area contributed by atoms with Crippen molar-refractivity contribution in [3.63, 3.8) is 0 Å². The van der Waals surface area contributed by atoms with Crippen LogP contribution >= 0.6 is 0 Å². The van der Waals surface area contributed by atoms with Gasteiger partial charge in [0.2, 0.25) is 0 Å². The summed E-state index contributed by atoms with van der Waals surface area (Å²) in [5.41, 5.74) is -0.343. The molecule has 0 spiro atoms. The molecule has 0 amide bonds. The lowest BCUT2D eigenvalue weighted by molar-refractivity contribution is -0.160. The smallest absolute Gasteiger partial charge is 0.312 e. The fraction of sp³-hybridized carbons (Fsp3) is 0.933. The molecule has 17 heavy (non-hydrogen) atoms. The van der Waals surface area contributed by atoms with Crippen LogP contribution in [0.2, 0.25) is 0 Å². The van der Waals surface area contributed by atoms with Crippen molar-refractivity contribution in [2.45, 2.75) is 61.3 Å². The fourth-order valence-corrected chi connectivity index (χ4v) is 1.83. The monoisotopic (exact) mass is 242 g/mol. The number of rotatable bonds is 7. The predicted molar refractivity (Wildman–Crippen MR) is 72.8 cm³/mol. The third-order valence-corrected chi connectivity index (χ3v) is 3.76. The largest absolute Gasteiger partial charge is 0.465 e. The first-order chi connectivity index (χ1) is 7.74. The maximum atomic E-state index is 12.2. The lowest BCUT2D eigenvalue weighted by atomic mass is 9.72. The van der Waals surface area contributed by atoms with Crippen molar-refractivity contribution in [3.8, 4) is 0 Å². The Labute approximate surface area is 107 Å². The average molecular weight is 242 g/mol. The molecule has 0 aromatic heterocycles. The summed E-state index contributed by atoms with van der Waals surface area (Å²) in [5.74, 6) is 1.26. The molecule has 2 heteroatoms. The molecule has 0 N–H and O–H groups in total. The highest BCUT2D eigenvalue weighted by molar-refractivity contribution is 5.76. The zero-order chi connectivity index (χ0) is 13.6. The summed E-state index contributed by atoms with van der Waals surface area (Å²) in [6.45, 7) is 15.3. The van der Waals surface area contributed by atoms with Crippen molar-refractivity contribution in [1.82, 2.24) is 0 Å². The van der Waals surface area contributed by atoms with E-state index in [2.05, 4.69) is 41.5 Å². The van der Waals surface area contributed by atoms with Gasteiger partial charge in [0.05, 0.1) is 12.0 Å². The maximum absolute atomic E-state index is 12.2. The topological polar surface area (TPSA) is 26.3 Å². The highest BCUT2D eigenvalue weighted by Gasteiger charge is 2.39. The summed E-state index contributed by atoms with van der Waals surface area (Å²) >= 11 is 0. The van der Waals surface area contributed by atoms with Gasteiger partial charge in [0.1, 0.15) is 0 Å². The molecule has 0 fully saturated rings. The van der Waals surface area contributed by atoms with Crippen molar-refractivity contribution in [2.75, 3.05) is 6.61 Å². The minimum absolute atomic E-state index is 0.0264. The van der Waals surface area contributed by atoms with E-state index in [1.54, 1.807) is 0 Å². The summed E-state index contributed by atoms with van der Waals surface area (Å²) in [6, 6.07) is 0. The zero-order valence-corrected chi connectivity index (χ0v) is 12.7. The Morgan fingerprint density at radius 2 is 1.71 bits per heavy atom. The third-order valence-electron chi connectivity index (χ3n) is 3.76. The number of esters is 1. The van der Waals surface area contributed by atoms with Crippen LogP contribution in [0.5, 0.6) is 0 Å². The Balaban J connectivity index is 4.64. The Morgan fingerprint density at radius 1 is 1.18 bits per heavy atom. The number of hydrogen-bond acceptors (Lipinski definition) is 2. The maximum Gasteiger partial charge on any atom is 0.312 e. The molecule has 0 aliphatic rings. The van der Waals surface area contributed by atoms with E-state index in [0.717, 1.165) is 12.8 Å². The van der Waals surface area contributed by atoms with E-state index in [1.165, 1.54) is 0 Å². The van der Waals surface area contributed by atoms with Crippen LogP contribution in [0.1, 0.15) is 61.3 Å². The van der Waals surface area contributed by atoms with E-state index >= 15 is 0 Å². The lowest BCUT2D eigenvalue weighted by Crippen LogP contribution is -2.37. The van der Waals surface area contributed by atoms with E-state index in [0.29, 0.717) is 24.4 Å².